The highest BCUT2D eigenvalue weighted by Gasteiger charge is 2.38. The van der Waals surface area contributed by atoms with E-state index in [1.807, 2.05) is 42.6 Å². The van der Waals surface area contributed by atoms with E-state index >= 15 is 0 Å². The number of aromatic nitrogens is 2. The van der Waals surface area contributed by atoms with Gasteiger partial charge in [-0.3, -0.25) is 9.97 Å². The first-order valence-electron chi connectivity index (χ1n) is 9.45. The molecule has 0 saturated heterocycles. The van der Waals surface area contributed by atoms with E-state index < -0.39 is 16.1 Å². The van der Waals surface area contributed by atoms with Gasteiger partial charge in [-0.25, -0.2) is 0 Å². The maximum atomic E-state index is 13.5. The molecule has 4 aromatic rings. The van der Waals surface area contributed by atoms with Gasteiger partial charge in [-0.15, -0.1) is 11.3 Å². The van der Waals surface area contributed by atoms with Gasteiger partial charge < -0.3 is 0 Å². The number of sulfonamides is 1. The molecule has 2 aromatic carbocycles. The monoisotopic (exact) mass is 434 g/mol. The zero-order chi connectivity index (χ0) is 20.7. The molecule has 0 bridgehead atoms. The van der Waals surface area contributed by atoms with Crippen molar-refractivity contribution in [3.8, 4) is 0 Å². The highest BCUT2D eigenvalue weighted by atomic mass is 32.2. The molecule has 1 aliphatic rings. The minimum atomic E-state index is -3.82. The summed E-state index contributed by atoms with van der Waals surface area (Å²) in [7, 11) is -3.82. The SMILES string of the molecule is Cc1ccc(S(=O)(=O)N2N=C(c3cccs3)C[C@H]2c2ccc3nccnc3c2)cc1. The Bertz CT molecular complexity index is 1350. The third-order valence-corrected chi connectivity index (χ3v) is 7.74. The van der Waals surface area contributed by atoms with E-state index in [1.54, 1.807) is 48.0 Å². The molecule has 8 heteroatoms. The number of rotatable bonds is 4. The number of hydrazone groups is 1. The van der Waals surface area contributed by atoms with Crippen LogP contribution in [0.3, 0.4) is 0 Å². The van der Waals surface area contributed by atoms with Gasteiger partial charge in [-0.2, -0.15) is 17.9 Å². The molecular weight excluding hydrogens is 416 g/mol. The molecule has 0 aliphatic carbocycles. The second-order valence-electron chi connectivity index (χ2n) is 7.14. The fraction of sp³-hybridized carbons (Fsp3) is 0.136. The van der Waals surface area contributed by atoms with Crippen LogP contribution in [-0.2, 0) is 10.0 Å². The van der Waals surface area contributed by atoms with E-state index in [9.17, 15) is 8.42 Å². The van der Waals surface area contributed by atoms with E-state index in [1.165, 1.54) is 4.41 Å². The molecule has 2 aromatic heterocycles. The van der Waals surface area contributed by atoms with Crippen molar-refractivity contribution in [3.05, 3.63) is 88.4 Å². The van der Waals surface area contributed by atoms with Crippen molar-refractivity contribution >= 4 is 38.1 Å². The second kappa shape index (κ2) is 7.30. The van der Waals surface area contributed by atoms with Crippen LogP contribution in [0.15, 0.2) is 82.4 Å². The normalized spacial score (nSPS) is 16.8. The van der Waals surface area contributed by atoms with Crippen molar-refractivity contribution in [1.29, 1.82) is 0 Å². The Balaban J connectivity index is 1.62. The van der Waals surface area contributed by atoms with Crippen molar-refractivity contribution in [3.63, 3.8) is 0 Å². The van der Waals surface area contributed by atoms with Gasteiger partial charge in [0.1, 0.15) is 0 Å². The summed E-state index contributed by atoms with van der Waals surface area (Å²) in [6.07, 6.45) is 3.77. The largest absolute Gasteiger partial charge is 0.279 e. The summed E-state index contributed by atoms with van der Waals surface area (Å²) in [5.74, 6) is 0. The lowest BCUT2D eigenvalue weighted by molar-refractivity contribution is 0.371. The molecule has 1 atom stereocenters. The molecule has 0 fully saturated rings. The van der Waals surface area contributed by atoms with Crippen LogP contribution < -0.4 is 0 Å². The molecule has 150 valence electrons. The van der Waals surface area contributed by atoms with Crippen LogP contribution in [0.5, 0.6) is 0 Å². The van der Waals surface area contributed by atoms with E-state index in [0.717, 1.165) is 32.7 Å². The van der Waals surface area contributed by atoms with E-state index in [0.29, 0.717) is 6.42 Å². The number of fused-ring (bicyclic) bond motifs is 1. The molecule has 1 aliphatic heterocycles. The average molecular weight is 435 g/mol. The van der Waals surface area contributed by atoms with Gasteiger partial charge in [0.05, 0.1) is 32.6 Å². The van der Waals surface area contributed by atoms with Crippen LogP contribution in [-0.4, -0.2) is 28.5 Å². The van der Waals surface area contributed by atoms with Crippen LogP contribution in [0.25, 0.3) is 11.0 Å². The van der Waals surface area contributed by atoms with Gasteiger partial charge in [0, 0.05) is 18.8 Å². The molecule has 0 amide bonds. The lowest BCUT2D eigenvalue weighted by Gasteiger charge is -2.23. The summed E-state index contributed by atoms with van der Waals surface area (Å²) in [5, 5.41) is 6.54. The van der Waals surface area contributed by atoms with Crippen LogP contribution in [0, 0.1) is 6.92 Å². The molecule has 0 radical (unpaired) electrons. The molecular formula is C22H18N4O2S2. The summed E-state index contributed by atoms with van der Waals surface area (Å²) < 4.78 is 28.3. The summed E-state index contributed by atoms with van der Waals surface area (Å²) in [6.45, 7) is 1.93. The molecule has 0 unspecified atom stereocenters. The maximum Gasteiger partial charge on any atom is 0.279 e. The molecule has 3 heterocycles. The minimum Gasteiger partial charge on any atom is -0.253 e. The van der Waals surface area contributed by atoms with Crippen molar-refractivity contribution in [2.75, 3.05) is 0 Å². The van der Waals surface area contributed by atoms with Gasteiger partial charge in [0.2, 0.25) is 0 Å². The molecule has 30 heavy (non-hydrogen) atoms. The Morgan fingerprint density at radius 1 is 1.00 bits per heavy atom. The number of aryl methyl sites for hydroxylation is 1. The molecule has 0 N–H and O–H groups in total. The summed E-state index contributed by atoms with van der Waals surface area (Å²) in [6, 6.07) is 16.0. The highest BCUT2D eigenvalue weighted by Crippen LogP contribution is 2.38. The second-order valence-corrected chi connectivity index (χ2v) is 9.88. The number of thiophene rings is 1. The van der Waals surface area contributed by atoms with Gasteiger partial charge >= 0.3 is 0 Å². The number of hydrogen-bond donors (Lipinski definition) is 0. The predicted molar refractivity (Wildman–Crippen MR) is 118 cm³/mol. The molecule has 0 spiro atoms. The zero-order valence-electron chi connectivity index (χ0n) is 16.1. The van der Waals surface area contributed by atoms with E-state index in [2.05, 4.69) is 15.1 Å². The number of benzene rings is 2. The minimum absolute atomic E-state index is 0.231. The fourth-order valence-electron chi connectivity index (χ4n) is 3.56. The van der Waals surface area contributed by atoms with Crippen LogP contribution in [0.4, 0.5) is 0 Å². The molecule has 6 nitrogen and oxygen atoms in total. The first-order chi connectivity index (χ1) is 14.5. The maximum absolute atomic E-state index is 13.5. The van der Waals surface area contributed by atoms with Gasteiger partial charge in [-0.1, -0.05) is 29.8 Å². The van der Waals surface area contributed by atoms with Crippen LogP contribution in [0.1, 0.15) is 28.5 Å². The smallest absolute Gasteiger partial charge is 0.253 e. The predicted octanol–water partition coefficient (Wildman–Crippen LogP) is 4.54. The Hall–Kier alpha value is -3.10. The first kappa shape index (κ1) is 18.9. The summed E-state index contributed by atoms with van der Waals surface area (Å²) in [4.78, 5) is 9.88. The Morgan fingerprint density at radius 3 is 2.50 bits per heavy atom. The van der Waals surface area contributed by atoms with Crippen LogP contribution >= 0.6 is 11.3 Å². The highest BCUT2D eigenvalue weighted by molar-refractivity contribution is 7.89. The first-order valence-corrected chi connectivity index (χ1v) is 11.8. The molecule has 5 rings (SSSR count). The summed E-state index contributed by atoms with van der Waals surface area (Å²) in [5.41, 5.74) is 4.11. The van der Waals surface area contributed by atoms with E-state index in [4.69, 9.17) is 0 Å². The third-order valence-electron chi connectivity index (χ3n) is 5.12. The standard InChI is InChI=1S/C22H18N4O2S2/c1-15-4-7-17(8-5-15)30(27,28)26-21(14-20(25-26)22-3-2-12-29-22)16-6-9-18-19(13-16)24-11-10-23-18/h2-13,21H,14H2,1H3/t21-/m0/s1. The molecule has 0 saturated carbocycles. The van der Waals surface area contributed by atoms with Gasteiger partial charge in [-0.05, 0) is 48.2 Å². The lowest BCUT2D eigenvalue weighted by Crippen LogP contribution is -2.27. The van der Waals surface area contributed by atoms with Gasteiger partial charge in [0.25, 0.3) is 10.0 Å². The van der Waals surface area contributed by atoms with Gasteiger partial charge in [0.15, 0.2) is 0 Å². The lowest BCUT2D eigenvalue weighted by atomic mass is 10.0. The van der Waals surface area contributed by atoms with E-state index in [-0.39, 0.29) is 4.90 Å². The van der Waals surface area contributed by atoms with Crippen molar-refractivity contribution in [1.82, 2.24) is 14.4 Å². The van der Waals surface area contributed by atoms with Crippen LogP contribution in [0.2, 0.25) is 0 Å². The Labute approximate surface area is 178 Å². The zero-order valence-corrected chi connectivity index (χ0v) is 17.8. The Kier molecular flexibility index (Phi) is 4.60. The third kappa shape index (κ3) is 3.28. The fourth-order valence-corrected chi connectivity index (χ4v) is 5.71. The number of hydrogen-bond acceptors (Lipinski definition) is 6. The number of nitrogens with zero attached hydrogens (tertiary/aromatic N) is 4. The topological polar surface area (TPSA) is 75.5 Å². The average Bonchev–Trinajstić information content (AvgIpc) is 3.44. The van der Waals surface area contributed by atoms with Crippen molar-refractivity contribution in [2.45, 2.75) is 24.3 Å². The Morgan fingerprint density at radius 2 is 1.77 bits per heavy atom. The van der Waals surface area contributed by atoms with Crippen molar-refractivity contribution in [2.24, 2.45) is 5.10 Å². The quantitative estimate of drug-likeness (QED) is 0.473. The summed E-state index contributed by atoms with van der Waals surface area (Å²) >= 11 is 1.56. The van der Waals surface area contributed by atoms with Crippen molar-refractivity contribution < 1.29 is 8.42 Å².